The summed E-state index contributed by atoms with van der Waals surface area (Å²) in [6.45, 7) is 4.46. The molecule has 1 aliphatic rings. The molecule has 0 unspecified atom stereocenters. The van der Waals surface area contributed by atoms with Gasteiger partial charge >= 0.3 is 0 Å². The van der Waals surface area contributed by atoms with Crippen LogP contribution in [0.25, 0.3) is 0 Å². The smallest absolute Gasteiger partial charge is 0.255 e. The van der Waals surface area contributed by atoms with Crippen LogP contribution in [-0.4, -0.2) is 12.5 Å². The molecule has 1 N–H and O–H groups in total. The number of rotatable bonds is 2. The van der Waals surface area contributed by atoms with Gasteiger partial charge in [-0.3, -0.25) is 4.79 Å². The summed E-state index contributed by atoms with van der Waals surface area (Å²) >= 11 is 0. The molecule has 3 nitrogen and oxygen atoms in total. The number of ether oxygens (including phenoxy) is 1. The van der Waals surface area contributed by atoms with Crippen molar-refractivity contribution in [1.82, 2.24) is 0 Å². The van der Waals surface area contributed by atoms with Gasteiger partial charge in [-0.1, -0.05) is 17.7 Å². The molecule has 1 aliphatic heterocycles. The van der Waals surface area contributed by atoms with E-state index in [9.17, 15) is 4.79 Å². The van der Waals surface area contributed by atoms with Crippen LogP contribution in [0, 0.1) is 6.92 Å². The molecule has 0 radical (unpaired) electrons. The summed E-state index contributed by atoms with van der Waals surface area (Å²) in [6.07, 6.45) is 0.698. The molecule has 84 valence electrons. The van der Waals surface area contributed by atoms with E-state index in [0.717, 1.165) is 17.0 Å². The van der Waals surface area contributed by atoms with Gasteiger partial charge in [-0.25, -0.2) is 0 Å². The molecule has 0 saturated heterocycles. The minimum Gasteiger partial charge on any atom is -0.497 e. The number of nitrogens with one attached hydrogen (secondary N) is 1. The summed E-state index contributed by atoms with van der Waals surface area (Å²) in [7, 11) is 0. The number of hydrogen-bond donors (Lipinski definition) is 1. The zero-order valence-electron chi connectivity index (χ0n) is 9.54. The fourth-order valence-corrected chi connectivity index (χ4v) is 1.69. The summed E-state index contributed by atoms with van der Waals surface area (Å²) in [5, 5.41) is 2.86. The van der Waals surface area contributed by atoms with E-state index in [1.165, 1.54) is 5.56 Å². The Balaban J connectivity index is 2.08. The van der Waals surface area contributed by atoms with Gasteiger partial charge in [-0.2, -0.15) is 0 Å². The molecule has 1 aromatic carbocycles. The second-order valence-corrected chi connectivity index (χ2v) is 3.95. The molecule has 1 heterocycles. The Morgan fingerprint density at radius 2 is 1.94 bits per heavy atom. The van der Waals surface area contributed by atoms with Gasteiger partial charge in [0.05, 0.1) is 12.2 Å². The van der Waals surface area contributed by atoms with Gasteiger partial charge in [0.2, 0.25) is 0 Å². The highest BCUT2D eigenvalue weighted by Crippen LogP contribution is 2.20. The summed E-state index contributed by atoms with van der Waals surface area (Å²) in [5.41, 5.74) is 2.75. The monoisotopic (exact) mass is 217 g/mol. The van der Waals surface area contributed by atoms with Crippen LogP contribution in [-0.2, 0) is 9.53 Å². The van der Waals surface area contributed by atoms with E-state index in [2.05, 4.69) is 5.32 Å². The summed E-state index contributed by atoms with van der Waals surface area (Å²) < 4.78 is 5.26. The Kier molecular flexibility index (Phi) is 2.95. The minimum absolute atomic E-state index is 0.0566. The average Bonchev–Trinajstić information content (AvgIpc) is 2.68. The van der Waals surface area contributed by atoms with Gasteiger partial charge in [0.25, 0.3) is 5.91 Å². The van der Waals surface area contributed by atoms with Crippen molar-refractivity contribution in [2.75, 3.05) is 11.9 Å². The van der Waals surface area contributed by atoms with Crippen LogP contribution < -0.4 is 5.32 Å². The van der Waals surface area contributed by atoms with Gasteiger partial charge in [0.15, 0.2) is 0 Å². The largest absolute Gasteiger partial charge is 0.497 e. The molecular formula is C13H15NO2. The molecule has 0 bridgehead atoms. The van der Waals surface area contributed by atoms with Crippen molar-refractivity contribution in [3.8, 4) is 0 Å². The first-order valence-corrected chi connectivity index (χ1v) is 5.37. The van der Waals surface area contributed by atoms with Crippen LogP contribution in [0.3, 0.4) is 0 Å². The van der Waals surface area contributed by atoms with Gasteiger partial charge < -0.3 is 10.1 Å². The van der Waals surface area contributed by atoms with Gasteiger partial charge in [0.1, 0.15) is 5.76 Å². The third kappa shape index (κ3) is 2.24. The number of allylic oxidation sites excluding steroid dienone is 1. The van der Waals surface area contributed by atoms with Gasteiger partial charge in [-0.05, 0) is 26.0 Å². The van der Waals surface area contributed by atoms with Crippen molar-refractivity contribution in [2.45, 2.75) is 20.3 Å². The van der Waals surface area contributed by atoms with Gasteiger partial charge in [-0.15, -0.1) is 0 Å². The maximum atomic E-state index is 11.9. The summed E-state index contributed by atoms with van der Waals surface area (Å²) in [5.74, 6) is 0.684. The Morgan fingerprint density at radius 1 is 1.25 bits per heavy atom. The molecule has 0 aliphatic carbocycles. The van der Waals surface area contributed by atoms with Crippen molar-refractivity contribution in [2.24, 2.45) is 0 Å². The number of carbonyl (C=O) groups is 1. The van der Waals surface area contributed by atoms with Crippen LogP contribution in [0.5, 0.6) is 0 Å². The zero-order chi connectivity index (χ0) is 11.5. The highest BCUT2D eigenvalue weighted by Gasteiger charge is 2.19. The Morgan fingerprint density at radius 3 is 2.50 bits per heavy atom. The van der Waals surface area contributed by atoms with E-state index in [1.54, 1.807) is 0 Å². The van der Waals surface area contributed by atoms with Crippen molar-refractivity contribution in [1.29, 1.82) is 0 Å². The second kappa shape index (κ2) is 4.39. The fourth-order valence-electron chi connectivity index (χ4n) is 1.69. The molecular weight excluding hydrogens is 202 g/mol. The molecule has 1 aromatic rings. The van der Waals surface area contributed by atoms with Gasteiger partial charge in [0, 0.05) is 12.1 Å². The standard InChI is InChI=1S/C13H15NO2/c1-9-3-5-11(6-4-9)14-13(15)12-7-8-16-10(12)2/h3-6H,7-8H2,1-2H3,(H,14,15). The van der Waals surface area contributed by atoms with Crippen LogP contribution in [0.4, 0.5) is 5.69 Å². The second-order valence-electron chi connectivity index (χ2n) is 3.95. The molecule has 3 heteroatoms. The highest BCUT2D eigenvalue weighted by molar-refractivity contribution is 6.04. The average molecular weight is 217 g/mol. The summed E-state index contributed by atoms with van der Waals surface area (Å²) in [6, 6.07) is 7.75. The van der Waals surface area contributed by atoms with E-state index in [-0.39, 0.29) is 5.91 Å². The molecule has 2 rings (SSSR count). The quantitative estimate of drug-likeness (QED) is 0.827. The van der Waals surface area contributed by atoms with E-state index in [1.807, 2.05) is 38.1 Å². The normalized spacial score (nSPS) is 14.9. The number of benzene rings is 1. The van der Waals surface area contributed by atoms with E-state index in [4.69, 9.17) is 4.74 Å². The maximum absolute atomic E-state index is 11.9. The molecule has 0 spiro atoms. The number of anilines is 1. The van der Waals surface area contributed by atoms with Crippen molar-refractivity contribution < 1.29 is 9.53 Å². The number of amides is 1. The number of carbonyl (C=O) groups excluding carboxylic acids is 1. The van der Waals surface area contributed by atoms with Crippen LogP contribution in [0.1, 0.15) is 18.9 Å². The van der Waals surface area contributed by atoms with Crippen molar-refractivity contribution in [3.63, 3.8) is 0 Å². The molecule has 0 saturated carbocycles. The summed E-state index contributed by atoms with van der Waals surface area (Å²) in [4.78, 5) is 11.9. The van der Waals surface area contributed by atoms with Crippen molar-refractivity contribution >= 4 is 11.6 Å². The van der Waals surface area contributed by atoms with E-state index >= 15 is 0 Å². The van der Waals surface area contributed by atoms with Crippen LogP contribution in [0.15, 0.2) is 35.6 Å². The third-order valence-corrected chi connectivity index (χ3v) is 2.68. The SMILES string of the molecule is CC1=C(C(=O)Nc2ccc(C)cc2)CCO1. The highest BCUT2D eigenvalue weighted by atomic mass is 16.5. The lowest BCUT2D eigenvalue weighted by Gasteiger charge is -2.05. The number of aryl methyl sites for hydroxylation is 1. The zero-order valence-corrected chi connectivity index (χ0v) is 9.54. The minimum atomic E-state index is -0.0566. The van der Waals surface area contributed by atoms with Crippen molar-refractivity contribution in [3.05, 3.63) is 41.2 Å². The molecule has 0 atom stereocenters. The molecule has 0 fully saturated rings. The topological polar surface area (TPSA) is 38.3 Å². The maximum Gasteiger partial charge on any atom is 0.255 e. The number of hydrogen-bond acceptors (Lipinski definition) is 2. The fraction of sp³-hybridized carbons (Fsp3) is 0.308. The first-order valence-electron chi connectivity index (χ1n) is 5.37. The lowest BCUT2D eigenvalue weighted by molar-refractivity contribution is -0.113. The lowest BCUT2D eigenvalue weighted by atomic mass is 10.1. The molecule has 0 aromatic heterocycles. The predicted octanol–water partition coefficient (Wildman–Crippen LogP) is 2.63. The van der Waals surface area contributed by atoms with E-state index < -0.39 is 0 Å². The Labute approximate surface area is 95.1 Å². The molecule has 16 heavy (non-hydrogen) atoms. The predicted molar refractivity (Wildman–Crippen MR) is 63.1 cm³/mol. The van der Waals surface area contributed by atoms with E-state index in [0.29, 0.717) is 13.0 Å². The first-order chi connectivity index (χ1) is 7.66. The first kappa shape index (κ1) is 10.7. The van der Waals surface area contributed by atoms with Crippen LogP contribution in [0.2, 0.25) is 0 Å². The Hall–Kier alpha value is -1.77. The third-order valence-electron chi connectivity index (χ3n) is 2.68. The lowest BCUT2D eigenvalue weighted by Crippen LogP contribution is -2.14. The van der Waals surface area contributed by atoms with Crippen LogP contribution >= 0.6 is 0 Å². The Bertz CT molecular complexity index is 432. The molecule has 1 amide bonds.